The van der Waals surface area contributed by atoms with Crippen LogP contribution < -0.4 is 55.1 Å². The molecule has 5 aliphatic carbocycles. The number of benzene rings is 5. The number of nitrogens with zero attached hydrogens (tertiary/aromatic N) is 7. The van der Waals surface area contributed by atoms with Gasteiger partial charge in [0.05, 0.1) is 92.5 Å². The Kier molecular flexibility index (Phi) is 41.7. The van der Waals surface area contributed by atoms with Crippen LogP contribution in [-0.4, -0.2) is 189 Å². The molecule has 0 bridgehead atoms. The molecule has 0 amide bonds. The lowest BCUT2D eigenvalue weighted by Crippen LogP contribution is -2.39. The van der Waals surface area contributed by atoms with E-state index in [0.29, 0.717) is 111 Å². The first-order valence-corrected chi connectivity index (χ1v) is 57.5. The number of hydrogen-bond donors (Lipinski definition) is 10. The van der Waals surface area contributed by atoms with Crippen LogP contribution in [0.4, 0.5) is 100.0 Å². The Morgan fingerprint density at radius 2 is 0.521 bits per heavy atom. The molecule has 0 atom stereocenters. The van der Waals surface area contributed by atoms with Crippen LogP contribution in [0, 0.1) is 29.6 Å². The summed E-state index contributed by atoms with van der Waals surface area (Å²) in [5.41, 5.74) is -0.625. The van der Waals surface area contributed by atoms with Gasteiger partial charge in [0.2, 0.25) is 50.1 Å². The molecular formula is C98H132F15N17O11S5. The van der Waals surface area contributed by atoms with Crippen LogP contribution >= 0.6 is 0 Å². The largest absolute Gasteiger partial charge is 0.418 e. The van der Waals surface area contributed by atoms with Crippen LogP contribution in [0.5, 0.6) is 0 Å². The van der Waals surface area contributed by atoms with Crippen LogP contribution in [0.3, 0.4) is 0 Å². The van der Waals surface area contributed by atoms with Crippen molar-refractivity contribution in [3.8, 4) is 22.7 Å². The molecule has 0 radical (unpaired) electrons. The van der Waals surface area contributed by atoms with E-state index in [1.807, 2.05) is 0 Å². The summed E-state index contributed by atoms with van der Waals surface area (Å²) in [6.45, 7) is 12.7. The van der Waals surface area contributed by atoms with Crippen molar-refractivity contribution in [1.29, 1.82) is 0 Å². The van der Waals surface area contributed by atoms with Gasteiger partial charge in [0.25, 0.3) is 0 Å². The summed E-state index contributed by atoms with van der Waals surface area (Å²) in [4.78, 5) is 1.72. The Labute approximate surface area is 844 Å². The summed E-state index contributed by atoms with van der Waals surface area (Å²) < 4.78 is 343. The first-order valence-electron chi connectivity index (χ1n) is 49.2. The van der Waals surface area contributed by atoms with E-state index in [1.165, 1.54) is 91.8 Å². The van der Waals surface area contributed by atoms with Gasteiger partial charge in [0.1, 0.15) is 0 Å². The molecule has 10 N–H and O–H groups in total. The van der Waals surface area contributed by atoms with E-state index >= 15 is 0 Å². The lowest BCUT2D eigenvalue weighted by molar-refractivity contribution is -0.138. The van der Waals surface area contributed by atoms with Crippen LogP contribution in [0.2, 0.25) is 0 Å². The number of anilines is 6. The zero-order valence-electron chi connectivity index (χ0n) is 81.9. The minimum Gasteiger partial charge on any atom is -0.385 e. The number of alkyl halides is 15. The molecule has 0 spiro atoms. The Morgan fingerprint density at radius 3 is 0.801 bits per heavy atom. The van der Waals surface area contributed by atoms with Crippen molar-refractivity contribution >= 4 is 84.2 Å². The van der Waals surface area contributed by atoms with Crippen LogP contribution in [0.25, 0.3) is 22.7 Å². The van der Waals surface area contributed by atoms with Crippen molar-refractivity contribution in [2.45, 2.75) is 224 Å². The topological polar surface area (TPSA) is 349 Å². The monoisotopic (exact) mass is 2170 g/mol. The van der Waals surface area contributed by atoms with Crippen LogP contribution in [0.15, 0.2) is 177 Å². The van der Waals surface area contributed by atoms with Gasteiger partial charge in [-0.1, -0.05) is 0 Å². The molecule has 5 aromatic carbocycles. The van der Waals surface area contributed by atoms with Gasteiger partial charge in [-0.05, 0) is 320 Å². The van der Waals surface area contributed by atoms with Crippen LogP contribution in [-0.2, 0) is 85.7 Å². The number of sulfonamides is 5. The summed E-state index contributed by atoms with van der Waals surface area (Å²) in [6, 6.07) is 30.5. The van der Waals surface area contributed by atoms with E-state index in [1.54, 1.807) is 119 Å². The van der Waals surface area contributed by atoms with E-state index in [0.717, 1.165) is 153 Å². The number of nitrogens with one attached hydrogen (secondary N) is 10. The molecular weight excluding hydrogens is 2040 g/mol. The smallest absolute Gasteiger partial charge is 0.385 e. The quantitative estimate of drug-likeness (QED) is 0.0165. The lowest BCUT2D eigenvalue weighted by atomic mass is 9.86. The number of ether oxygens (including phenoxy) is 1. The summed E-state index contributed by atoms with van der Waals surface area (Å²) in [5.74, 6) is 1.93. The minimum absolute atomic E-state index is 0.0169. The second-order valence-corrected chi connectivity index (χ2v) is 47.6. The van der Waals surface area contributed by atoms with Crippen molar-refractivity contribution in [2.24, 2.45) is 29.6 Å². The molecule has 810 valence electrons. The zero-order valence-corrected chi connectivity index (χ0v) is 86.0. The number of aromatic nitrogens is 6. The fraction of sp³-hybridized carbons (Fsp3) is 0.551. The molecule has 6 fully saturated rings. The maximum absolute atomic E-state index is 13.6. The van der Waals surface area contributed by atoms with Crippen LogP contribution in [0.1, 0.15) is 191 Å². The second kappa shape index (κ2) is 52.2. The normalized spacial score (nSPS) is 21.1. The highest BCUT2D eigenvalue weighted by atomic mass is 32.2. The average Bonchev–Trinajstić information content (AvgIpc) is 1.42. The molecule has 146 heavy (non-hydrogen) atoms. The van der Waals surface area contributed by atoms with Gasteiger partial charge >= 0.3 is 30.9 Å². The molecule has 6 aliphatic rings. The van der Waals surface area contributed by atoms with Gasteiger partial charge in [0, 0.05) is 160 Å². The fourth-order valence-electron chi connectivity index (χ4n) is 18.5. The van der Waals surface area contributed by atoms with E-state index in [2.05, 4.69) is 60.4 Å². The average molecular weight is 2170 g/mol. The van der Waals surface area contributed by atoms with Gasteiger partial charge in [-0.2, -0.15) is 76.1 Å². The predicted octanol–water partition coefficient (Wildman–Crippen LogP) is 19.9. The van der Waals surface area contributed by atoms with E-state index in [4.69, 9.17) is 4.74 Å². The van der Waals surface area contributed by atoms with Crippen molar-refractivity contribution in [1.82, 2.24) is 52.3 Å². The van der Waals surface area contributed by atoms with Crippen molar-refractivity contribution in [3.63, 3.8) is 0 Å². The summed E-state index contributed by atoms with van der Waals surface area (Å²) >= 11 is 0. The highest BCUT2D eigenvalue weighted by Gasteiger charge is 2.41. The Bertz CT molecular complexity index is 5840. The van der Waals surface area contributed by atoms with E-state index in [9.17, 15) is 108 Å². The molecule has 4 aromatic heterocycles. The molecule has 15 rings (SSSR count). The van der Waals surface area contributed by atoms with Gasteiger partial charge in [-0.25, -0.2) is 75.1 Å². The summed E-state index contributed by atoms with van der Waals surface area (Å²) in [7, 11) is -16.0. The maximum atomic E-state index is 13.6. The Hall–Kier alpha value is -9.66. The molecule has 48 heteroatoms. The molecule has 28 nitrogen and oxygen atoms in total. The van der Waals surface area contributed by atoms with Crippen molar-refractivity contribution in [2.75, 3.05) is 119 Å². The Morgan fingerprint density at radius 1 is 0.281 bits per heavy atom. The molecule has 5 saturated carbocycles. The second-order valence-electron chi connectivity index (χ2n) is 37.4. The SMILES string of the molecule is CCS(=O)(=O)NC1CCC(CNc2ccc(-n3cccc3)c(C(F)(F)F)c2)CC1.CCS(=O)(=O)NC1CCC(CNc2ccc(-n3cccn3)c(C(F)(F)F)c2)CC1.CCS(=O)(=O)NC1CCC(CNc2ccc(C(F)(F)F)c(-n3cccc3)c2)CC1.CCS(=O)(=O)NC1CCC(CNc2ccc(C(F)(F)F)c(-n3cccn3)c2)CC1.CCS(=O)(=O)NC1CCC(CNc2ccc(N3CCOCC3)c(C(F)(F)F)c2)CC1. The Balaban J connectivity index is 0.000000174. The molecule has 1 saturated heterocycles. The fourth-order valence-corrected chi connectivity index (χ4v) is 23.1. The molecule has 5 heterocycles. The van der Waals surface area contributed by atoms with Gasteiger partial charge < -0.3 is 45.4 Å². The maximum Gasteiger partial charge on any atom is 0.418 e. The molecule has 0 unspecified atom stereocenters. The number of rotatable bonds is 35. The van der Waals surface area contributed by atoms with E-state index in [-0.39, 0.29) is 93.3 Å². The highest BCUT2D eigenvalue weighted by molar-refractivity contribution is 7.90. The highest BCUT2D eigenvalue weighted by Crippen LogP contribution is 2.44. The third-order valence-corrected chi connectivity index (χ3v) is 34.2. The first-order chi connectivity index (χ1) is 68.9. The van der Waals surface area contributed by atoms with Gasteiger partial charge in [0.15, 0.2) is 0 Å². The first kappa shape index (κ1) is 117. The predicted molar refractivity (Wildman–Crippen MR) is 537 cm³/mol. The number of hydrogen-bond acceptors (Lipinski definition) is 19. The summed E-state index contributed by atoms with van der Waals surface area (Å²) in [6.07, 6.45) is 5.84. The molecule has 1 aliphatic heterocycles. The summed E-state index contributed by atoms with van der Waals surface area (Å²) in [5, 5.41) is 23.7. The number of morpholine rings is 1. The van der Waals surface area contributed by atoms with Gasteiger partial charge in [-0.15, -0.1) is 0 Å². The lowest BCUT2D eigenvalue weighted by Gasteiger charge is -2.31. The third kappa shape index (κ3) is 36.3. The zero-order chi connectivity index (χ0) is 106. The van der Waals surface area contributed by atoms with Gasteiger partial charge in [-0.3, -0.25) is 0 Å². The molecule has 9 aromatic rings. The number of halogens is 15. The minimum atomic E-state index is -4.49. The van der Waals surface area contributed by atoms with E-state index < -0.39 is 109 Å². The van der Waals surface area contributed by atoms with Crippen molar-refractivity contribution in [3.05, 3.63) is 205 Å². The standard InChI is InChI=1S/C20H30F3N3O3S.2C20H26F3N3O2S.2C19H25F3N4O2S/c1-2-30(27,28)25-16-5-3-15(4-6-16)14-24-17-7-8-19(18(13-17)20(21,22)23)26-9-11-29-12-10-26;1-2-29(27,28)25-16-7-5-15(6-8-16)14-24-17-9-10-19(26-11-3-4-12-26)18(13-17)20(21,22)23;1-2-29(27,28)25-16-7-5-15(6-8-16)14-24-17-9-10-18(20(21,22)23)19(13-17)26-11-3-4-12-26;1-2-29(27,28)25-15-6-4-14(5-7-15)13-23-16-8-9-18(26-11-3-10-24-26)17(12-16)19(20,21)22;1-2-29(27,28)25-15-6-4-14(5-7-15)13-23-16-8-9-17(19(20,21)22)18(12-16)26-11-3-10-24-26/h7-8,13,15-16,24-25H,2-6,9-12,14H2,1H3;2*3-4,9-13,15-16,24-25H,2,5-8,14H2,1H3;2*3,8-12,14-15,23,25H,2,4-7,13H2,1H3. The third-order valence-electron chi connectivity index (χ3n) is 27.0. The van der Waals surface area contributed by atoms with Crippen molar-refractivity contribution < 1.29 is 113 Å².